The van der Waals surface area contributed by atoms with Gasteiger partial charge in [0, 0.05) is 6.04 Å². The summed E-state index contributed by atoms with van der Waals surface area (Å²) in [6.45, 7) is 6.99. The second-order valence-corrected chi connectivity index (χ2v) is 5.89. The fraction of sp³-hybridized carbons (Fsp3) is 1.00. The summed E-state index contributed by atoms with van der Waals surface area (Å²) in [5.41, 5.74) is 5.98. The fourth-order valence-electron chi connectivity index (χ4n) is 2.63. The van der Waals surface area contributed by atoms with Crippen LogP contribution in [0.15, 0.2) is 0 Å². The lowest BCUT2D eigenvalue weighted by Gasteiger charge is -2.26. The molecular formula is C14H30N2. The van der Waals surface area contributed by atoms with Crippen molar-refractivity contribution in [3.63, 3.8) is 0 Å². The number of unbranched alkanes of at least 4 members (excludes halogenated alkanes) is 1. The van der Waals surface area contributed by atoms with Crippen LogP contribution in [0.3, 0.4) is 0 Å². The van der Waals surface area contributed by atoms with Crippen molar-refractivity contribution in [1.82, 2.24) is 5.32 Å². The Morgan fingerprint density at radius 1 is 1.25 bits per heavy atom. The van der Waals surface area contributed by atoms with Gasteiger partial charge < -0.3 is 11.1 Å². The Morgan fingerprint density at radius 3 is 2.75 bits per heavy atom. The van der Waals surface area contributed by atoms with Crippen molar-refractivity contribution < 1.29 is 0 Å². The average Bonchev–Trinajstić information content (AvgIpc) is 2.23. The van der Waals surface area contributed by atoms with Gasteiger partial charge in [0.25, 0.3) is 0 Å². The topological polar surface area (TPSA) is 38.0 Å². The molecule has 1 aliphatic carbocycles. The lowest BCUT2D eigenvalue weighted by molar-refractivity contribution is 0.310. The predicted molar refractivity (Wildman–Crippen MR) is 71.5 cm³/mol. The van der Waals surface area contributed by atoms with Crippen molar-refractivity contribution in [2.24, 2.45) is 17.6 Å². The van der Waals surface area contributed by atoms with Gasteiger partial charge >= 0.3 is 0 Å². The van der Waals surface area contributed by atoms with Gasteiger partial charge in [-0.2, -0.15) is 0 Å². The molecule has 0 aromatic rings. The third-order valence-electron chi connectivity index (χ3n) is 3.64. The predicted octanol–water partition coefficient (Wildman–Crippen LogP) is 2.92. The summed E-state index contributed by atoms with van der Waals surface area (Å²) in [6.07, 6.45) is 9.26. The van der Waals surface area contributed by atoms with Gasteiger partial charge in [0.05, 0.1) is 0 Å². The first-order valence-corrected chi connectivity index (χ1v) is 7.14. The zero-order chi connectivity index (χ0) is 11.8. The van der Waals surface area contributed by atoms with Crippen LogP contribution in [-0.2, 0) is 0 Å². The second kappa shape index (κ2) is 8.08. The van der Waals surface area contributed by atoms with Crippen LogP contribution < -0.4 is 11.1 Å². The number of hydrogen-bond acceptors (Lipinski definition) is 2. The lowest BCUT2D eigenvalue weighted by atomic mass is 9.86. The second-order valence-electron chi connectivity index (χ2n) is 5.89. The van der Waals surface area contributed by atoms with Crippen LogP contribution in [0.2, 0.25) is 0 Å². The van der Waals surface area contributed by atoms with Gasteiger partial charge in [-0.15, -0.1) is 0 Å². The monoisotopic (exact) mass is 226 g/mol. The molecule has 96 valence electrons. The molecule has 0 aromatic heterocycles. The Labute approximate surface area is 101 Å². The molecule has 1 fully saturated rings. The summed E-state index contributed by atoms with van der Waals surface area (Å²) >= 11 is 0. The van der Waals surface area contributed by atoms with Crippen molar-refractivity contribution in [3.8, 4) is 0 Å². The van der Waals surface area contributed by atoms with Crippen LogP contribution in [0.5, 0.6) is 0 Å². The molecule has 0 heterocycles. The van der Waals surface area contributed by atoms with Gasteiger partial charge in [-0.1, -0.05) is 33.1 Å². The molecule has 1 aliphatic rings. The average molecular weight is 226 g/mol. The maximum absolute atomic E-state index is 5.98. The highest BCUT2D eigenvalue weighted by Crippen LogP contribution is 2.22. The molecule has 16 heavy (non-hydrogen) atoms. The van der Waals surface area contributed by atoms with E-state index >= 15 is 0 Å². The van der Waals surface area contributed by atoms with Crippen LogP contribution in [0.1, 0.15) is 58.8 Å². The summed E-state index contributed by atoms with van der Waals surface area (Å²) in [4.78, 5) is 0. The van der Waals surface area contributed by atoms with Crippen LogP contribution in [0.25, 0.3) is 0 Å². The zero-order valence-corrected chi connectivity index (χ0v) is 11.2. The Balaban J connectivity index is 1.90. The van der Waals surface area contributed by atoms with Crippen molar-refractivity contribution >= 4 is 0 Å². The Morgan fingerprint density at radius 2 is 2.06 bits per heavy atom. The minimum Gasteiger partial charge on any atom is -0.328 e. The van der Waals surface area contributed by atoms with Crippen molar-refractivity contribution in [2.75, 3.05) is 13.1 Å². The van der Waals surface area contributed by atoms with Gasteiger partial charge in [0.2, 0.25) is 0 Å². The first kappa shape index (κ1) is 14.0. The number of nitrogens with two attached hydrogens (primary N) is 1. The molecule has 0 spiro atoms. The molecule has 2 heteroatoms. The van der Waals surface area contributed by atoms with E-state index in [9.17, 15) is 0 Å². The smallest absolute Gasteiger partial charge is 0.00419 e. The summed E-state index contributed by atoms with van der Waals surface area (Å²) in [5, 5.41) is 3.59. The van der Waals surface area contributed by atoms with Gasteiger partial charge in [-0.3, -0.25) is 0 Å². The molecule has 2 unspecified atom stereocenters. The van der Waals surface area contributed by atoms with Crippen molar-refractivity contribution in [2.45, 2.75) is 64.8 Å². The van der Waals surface area contributed by atoms with Crippen molar-refractivity contribution in [1.29, 1.82) is 0 Å². The molecule has 0 aromatic carbocycles. The Kier molecular flexibility index (Phi) is 7.06. The number of nitrogens with one attached hydrogen (secondary N) is 1. The molecule has 1 rings (SSSR count). The van der Waals surface area contributed by atoms with E-state index < -0.39 is 0 Å². The summed E-state index contributed by atoms with van der Waals surface area (Å²) in [7, 11) is 0. The molecule has 2 atom stereocenters. The van der Waals surface area contributed by atoms with Gasteiger partial charge in [0.15, 0.2) is 0 Å². The molecule has 0 radical (unpaired) electrons. The minimum atomic E-state index is 0.474. The first-order chi connectivity index (χ1) is 7.68. The number of rotatable bonds is 7. The molecular weight excluding hydrogens is 196 g/mol. The van der Waals surface area contributed by atoms with Crippen LogP contribution in [0, 0.1) is 11.8 Å². The van der Waals surface area contributed by atoms with E-state index in [1.54, 1.807) is 0 Å². The van der Waals surface area contributed by atoms with Gasteiger partial charge in [-0.25, -0.2) is 0 Å². The zero-order valence-electron chi connectivity index (χ0n) is 11.2. The van der Waals surface area contributed by atoms with Crippen molar-refractivity contribution in [3.05, 3.63) is 0 Å². The lowest BCUT2D eigenvalue weighted by Crippen LogP contribution is -2.33. The van der Waals surface area contributed by atoms with E-state index in [4.69, 9.17) is 5.73 Å². The molecule has 0 aliphatic heterocycles. The molecule has 0 saturated heterocycles. The third-order valence-corrected chi connectivity index (χ3v) is 3.64. The van der Waals surface area contributed by atoms with Crippen LogP contribution >= 0.6 is 0 Å². The summed E-state index contributed by atoms with van der Waals surface area (Å²) < 4.78 is 0. The van der Waals surface area contributed by atoms with Gasteiger partial charge in [-0.05, 0) is 50.6 Å². The summed E-state index contributed by atoms with van der Waals surface area (Å²) in [6, 6.07) is 0.474. The van der Waals surface area contributed by atoms with Crippen LogP contribution in [0.4, 0.5) is 0 Å². The van der Waals surface area contributed by atoms with E-state index in [1.165, 1.54) is 58.0 Å². The SMILES string of the molecule is CC(C)CCCCNCC1CCCC(N)C1. The third kappa shape index (κ3) is 6.49. The molecule has 1 saturated carbocycles. The van der Waals surface area contributed by atoms with Gasteiger partial charge in [0.1, 0.15) is 0 Å². The van der Waals surface area contributed by atoms with Crippen LogP contribution in [-0.4, -0.2) is 19.1 Å². The Hall–Kier alpha value is -0.0800. The number of hydrogen-bond donors (Lipinski definition) is 2. The molecule has 3 N–H and O–H groups in total. The highest BCUT2D eigenvalue weighted by molar-refractivity contribution is 4.76. The van der Waals surface area contributed by atoms with E-state index in [2.05, 4.69) is 19.2 Å². The summed E-state index contributed by atoms with van der Waals surface area (Å²) in [5.74, 6) is 1.70. The minimum absolute atomic E-state index is 0.474. The largest absolute Gasteiger partial charge is 0.328 e. The Bertz CT molecular complexity index is 168. The highest BCUT2D eigenvalue weighted by Gasteiger charge is 2.18. The quantitative estimate of drug-likeness (QED) is 0.655. The van der Waals surface area contributed by atoms with E-state index in [1.807, 2.05) is 0 Å². The van der Waals surface area contributed by atoms with E-state index in [-0.39, 0.29) is 0 Å². The highest BCUT2D eigenvalue weighted by atomic mass is 14.9. The van der Waals surface area contributed by atoms with E-state index in [0.717, 1.165) is 11.8 Å². The maximum atomic E-state index is 5.98. The first-order valence-electron chi connectivity index (χ1n) is 7.14. The molecule has 0 bridgehead atoms. The molecule has 2 nitrogen and oxygen atoms in total. The normalized spacial score (nSPS) is 26.2. The maximum Gasteiger partial charge on any atom is 0.00419 e. The van der Waals surface area contributed by atoms with E-state index in [0.29, 0.717) is 6.04 Å². The standard InChI is InChI=1S/C14H30N2/c1-12(2)6-3-4-9-16-11-13-7-5-8-14(15)10-13/h12-14,16H,3-11,15H2,1-2H3. The fourth-order valence-corrected chi connectivity index (χ4v) is 2.63. The molecule has 0 amide bonds.